The number of methoxy groups -OCH3 is 1. The van der Waals surface area contributed by atoms with E-state index in [1.165, 1.54) is 11.3 Å². The lowest BCUT2D eigenvalue weighted by molar-refractivity contribution is 0.0260. The second kappa shape index (κ2) is 9.05. The van der Waals surface area contributed by atoms with E-state index >= 15 is 0 Å². The van der Waals surface area contributed by atoms with Crippen LogP contribution >= 0.6 is 11.3 Å². The third-order valence-electron chi connectivity index (χ3n) is 6.31. The van der Waals surface area contributed by atoms with Crippen molar-refractivity contribution in [3.05, 3.63) is 76.3 Å². The Morgan fingerprint density at radius 3 is 2.67 bits per heavy atom. The summed E-state index contributed by atoms with van der Waals surface area (Å²) < 4.78 is 45.1. The van der Waals surface area contributed by atoms with Crippen molar-refractivity contribution in [3.63, 3.8) is 0 Å². The maximum Gasteiger partial charge on any atom is 0.174 e. The number of ketones is 1. The van der Waals surface area contributed by atoms with E-state index in [0.29, 0.717) is 50.1 Å². The van der Waals surface area contributed by atoms with E-state index in [9.17, 15) is 13.6 Å². The minimum atomic E-state index is -0.943. The molecule has 0 saturated heterocycles. The van der Waals surface area contributed by atoms with Crippen LogP contribution in [0.15, 0.2) is 48.5 Å². The Morgan fingerprint density at radius 2 is 1.89 bits per heavy atom. The summed E-state index contributed by atoms with van der Waals surface area (Å²) >= 11 is 1.22. The predicted molar refractivity (Wildman–Crippen MR) is 134 cm³/mol. The number of carbonyl (C=O) groups excluding carboxylic acids is 1. The molecule has 9 heteroatoms. The number of nitrogens with two attached hydrogens (primary N) is 1. The number of benzene rings is 3. The van der Waals surface area contributed by atoms with Gasteiger partial charge in [-0.15, -0.1) is 11.3 Å². The monoisotopic (exact) mass is 510 g/mol. The molecule has 0 radical (unpaired) electrons. The van der Waals surface area contributed by atoms with Crippen molar-refractivity contribution in [2.24, 2.45) is 5.92 Å². The number of Topliss-reactive ketones (excluding diaryl/α,β-unsaturated/α-hetero) is 1. The number of rotatable bonds is 6. The Kier molecular flexibility index (Phi) is 6.04. The van der Waals surface area contributed by atoms with Gasteiger partial charge in [0.1, 0.15) is 34.5 Å². The zero-order valence-electron chi connectivity index (χ0n) is 19.9. The van der Waals surface area contributed by atoms with E-state index in [0.717, 1.165) is 17.7 Å². The van der Waals surface area contributed by atoms with Crippen LogP contribution in [-0.4, -0.2) is 23.5 Å². The first-order chi connectivity index (χ1) is 17.1. The number of aromatic nitrogens is 1. The van der Waals surface area contributed by atoms with E-state index in [2.05, 4.69) is 4.98 Å². The first-order valence-electron chi connectivity index (χ1n) is 11.3. The van der Waals surface area contributed by atoms with Gasteiger partial charge in [-0.25, -0.2) is 13.8 Å². The quantitative estimate of drug-likeness (QED) is 0.323. The van der Waals surface area contributed by atoms with Gasteiger partial charge < -0.3 is 19.9 Å². The molecule has 36 heavy (non-hydrogen) atoms. The van der Waals surface area contributed by atoms with Gasteiger partial charge in [0, 0.05) is 11.8 Å². The minimum Gasteiger partial charge on any atom is -0.496 e. The second-order valence-electron chi connectivity index (χ2n) is 9.19. The van der Waals surface area contributed by atoms with Gasteiger partial charge in [-0.2, -0.15) is 0 Å². The van der Waals surface area contributed by atoms with E-state index < -0.39 is 23.2 Å². The fourth-order valence-electron chi connectivity index (χ4n) is 4.43. The summed E-state index contributed by atoms with van der Waals surface area (Å²) in [6, 6.07) is 12.6. The van der Waals surface area contributed by atoms with Crippen LogP contribution in [0, 0.1) is 17.6 Å². The van der Waals surface area contributed by atoms with Gasteiger partial charge in [0.25, 0.3) is 0 Å². The predicted octanol–water partition coefficient (Wildman–Crippen LogP) is 5.96. The molecule has 6 nitrogen and oxygen atoms in total. The highest BCUT2D eigenvalue weighted by molar-refractivity contribution is 7.18. The third-order valence-corrected chi connectivity index (χ3v) is 7.30. The number of hydrogen-bond donors (Lipinski definition) is 1. The largest absolute Gasteiger partial charge is 0.496 e. The summed E-state index contributed by atoms with van der Waals surface area (Å²) in [4.78, 5) is 17.9. The number of fused-ring (bicyclic) bond motifs is 2. The van der Waals surface area contributed by atoms with Crippen LogP contribution in [0.5, 0.6) is 17.2 Å². The van der Waals surface area contributed by atoms with E-state index in [1.807, 2.05) is 19.9 Å². The molecule has 0 amide bonds. The molecule has 1 atom stereocenters. The molecule has 0 aliphatic carbocycles. The number of nitrogen functional groups attached to an aromatic ring is 1. The van der Waals surface area contributed by atoms with Crippen LogP contribution in [0.2, 0.25) is 0 Å². The fourth-order valence-corrected chi connectivity index (χ4v) is 5.32. The Hall–Kier alpha value is -3.72. The molecule has 1 unspecified atom stereocenters. The average molecular weight is 511 g/mol. The van der Waals surface area contributed by atoms with Gasteiger partial charge in [-0.05, 0) is 68.3 Å². The molecule has 0 saturated carbocycles. The molecule has 1 aromatic heterocycles. The lowest BCUT2D eigenvalue weighted by Crippen LogP contribution is -2.47. The fraction of sp³-hybridized carbons (Fsp3) is 0.259. The molecule has 0 spiro atoms. The zero-order valence-corrected chi connectivity index (χ0v) is 20.7. The van der Waals surface area contributed by atoms with Crippen molar-refractivity contribution in [1.82, 2.24) is 4.98 Å². The lowest BCUT2D eigenvalue weighted by Gasteiger charge is -2.39. The maximum atomic E-state index is 13.6. The highest BCUT2D eigenvalue weighted by Crippen LogP contribution is 2.41. The van der Waals surface area contributed by atoms with Gasteiger partial charge in [0.2, 0.25) is 0 Å². The Balaban J connectivity index is 1.38. The van der Waals surface area contributed by atoms with Gasteiger partial charge >= 0.3 is 0 Å². The number of halogens is 2. The Labute approximate surface area is 210 Å². The topological polar surface area (TPSA) is 83.7 Å². The standard InChI is InChI=1S/C27H24F2N2O4S/c1-27(2)18(9-14-8-15(30)4-6-22(14)33-3)26(32)17-10-16(5-7-23(17)35-27)34-13-25-31-21-11-19(28)20(29)12-24(21)36-25/h4-8,10-12,18H,9,13,30H2,1-3H3. The summed E-state index contributed by atoms with van der Waals surface area (Å²) in [5, 5.41) is 0.558. The highest BCUT2D eigenvalue weighted by Gasteiger charge is 2.43. The van der Waals surface area contributed by atoms with Gasteiger partial charge in [0.15, 0.2) is 17.4 Å². The first-order valence-corrected chi connectivity index (χ1v) is 12.1. The number of thiazole rings is 1. The summed E-state index contributed by atoms with van der Waals surface area (Å²) in [6.07, 6.45) is 0.392. The molecule has 4 aromatic rings. The molecule has 2 heterocycles. The third kappa shape index (κ3) is 4.46. The summed E-state index contributed by atoms with van der Waals surface area (Å²) in [5.41, 5.74) is 7.43. The first kappa shape index (κ1) is 24.0. The average Bonchev–Trinajstić information content (AvgIpc) is 3.22. The molecular weight excluding hydrogens is 486 g/mol. The summed E-state index contributed by atoms with van der Waals surface area (Å²) in [6.45, 7) is 3.87. The van der Waals surface area contributed by atoms with Crippen LogP contribution in [0.3, 0.4) is 0 Å². The number of anilines is 1. The van der Waals surface area contributed by atoms with Gasteiger partial charge in [-0.1, -0.05) is 0 Å². The highest BCUT2D eigenvalue weighted by atomic mass is 32.1. The molecule has 5 rings (SSSR count). The molecule has 1 aliphatic rings. The number of hydrogen-bond acceptors (Lipinski definition) is 7. The van der Waals surface area contributed by atoms with Gasteiger partial charge in [0.05, 0.1) is 28.8 Å². The molecule has 3 aromatic carbocycles. The van der Waals surface area contributed by atoms with Crippen LogP contribution in [0.25, 0.3) is 10.2 Å². The minimum absolute atomic E-state index is 0.0675. The Morgan fingerprint density at radius 1 is 1.11 bits per heavy atom. The van der Waals surface area contributed by atoms with Crippen LogP contribution < -0.4 is 19.9 Å². The molecule has 1 aliphatic heterocycles. The Bertz CT molecular complexity index is 1450. The van der Waals surface area contributed by atoms with Crippen molar-refractivity contribution in [2.75, 3.05) is 12.8 Å². The van der Waals surface area contributed by atoms with Crippen LogP contribution in [-0.2, 0) is 13.0 Å². The second-order valence-corrected chi connectivity index (χ2v) is 10.3. The smallest absolute Gasteiger partial charge is 0.174 e. The maximum absolute atomic E-state index is 13.6. The molecule has 186 valence electrons. The SMILES string of the molecule is COc1ccc(N)cc1CC1C(=O)c2cc(OCc3nc4cc(F)c(F)cc4s3)ccc2OC1(C)C. The van der Waals surface area contributed by atoms with Crippen LogP contribution in [0.4, 0.5) is 14.5 Å². The molecule has 2 N–H and O–H groups in total. The van der Waals surface area contributed by atoms with Crippen LogP contribution in [0.1, 0.15) is 34.8 Å². The van der Waals surface area contributed by atoms with Gasteiger partial charge in [-0.3, -0.25) is 4.79 Å². The number of nitrogens with zero attached hydrogens (tertiary/aromatic N) is 1. The van der Waals surface area contributed by atoms with Crippen molar-refractivity contribution in [2.45, 2.75) is 32.5 Å². The summed E-state index contributed by atoms with van der Waals surface area (Å²) in [5.74, 6) is -0.804. The van der Waals surface area contributed by atoms with Crippen molar-refractivity contribution in [3.8, 4) is 17.2 Å². The van der Waals surface area contributed by atoms with E-state index in [1.54, 1.807) is 37.4 Å². The molecular formula is C27H24F2N2O4S. The number of carbonyl (C=O) groups is 1. The van der Waals surface area contributed by atoms with Crippen molar-refractivity contribution >= 4 is 33.0 Å². The molecule has 0 fully saturated rings. The normalized spacial score (nSPS) is 16.5. The van der Waals surface area contributed by atoms with Crippen molar-refractivity contribution < 1.29 is 27.8 Å². The summed E-state index contributed by atoms with van der Waals surface area (Å²) in [7, 11) is 1.58. The lowest BCUT2D eigenvalue weighted by atomic mass is 9.77. The zero-order chi connectivity index (χ0) is 25.6. The number of ether oxygens (including phenoxy) is 3. The molecule has 0 bridgehead atoms. The van der Waals surface area contributed by atoms with E-state index in [4.69, 9.17) is 19.9 Å². The van der Waals surface area contributed by atoms with E-state index in [-0.39, 0.29) is 12.4 Å². The van der Waals surface area contributed by atoms with Crippen molar-refractivity contribution in [1.29, 1.82) is 0 Å².